The molecule has 0 bridgehead atoms. The Morgan fingerprint density at radius 2 is 2.04 bits per heavy atom. The van der Waals surface area contributed by atoms with Gasteiger partial charge in [-0.3, -0.25) is 4.90 Å². The zero-order chi connectivity index (χ0) is 20.4. The van der Waals surface area contributed by atoms with E-state index >= 15 is 0 Å². The van der Waals surface area contributed by atoms with E-state index in [0.717, 1.165) is 45.3 Å². The predicted octanol–water partition coefficient (Wildman–Crippen LogP) is 2.49. The Kier molecular flexibility index (Phi) is 8.85. The summed E-state index contributed by atoms with van der Waals surface area (Å²) in [6.07, 6.45) is -3.51. The van der Waals surface area contributed by atoms with Crippen LogP contribution in [0, 0.1) is 0 Å². The van der Waals surface area contributed by atoms with E-state index in [4.69, 9.17) is 15.2 Å². The number of ether oxygens (including phenoxy) is 2. The van der Waals surface area contributed by atoms with Crippen LogP contribution in [0.5, 0.6) is 5.75 Å². The van der Waals surface area contributed by atoms with Crippen LogP contribution < -0.4 is 15.8 Å². The third kappa shape index (κ3) is 7.55. The number of guanidine groups is 1. The number of alkyl halides is 3. The lowest BCUT2D eigenvalue weighted by molar-refractivity contribution is -0.139. The van der Waals surface area contributed by atoms with Gasteiger partial charge in [-0.15, -0.1) is 0 Å². The number of hydrogen-bond acceptors (Lipinski definition) is 4. The number of nitrogens with two attached hydrogens (primary N) is 1. The summed E-state index contributed by atoms with van der Waals surface area (Å²) in [5.41, 5.74) is 5.07. The second-order valence-corrected chi connectivity index (χ2v) is 6.60. The van der Waals surface area contributed by atoms with E-state index in [1.54, 1.807) is 0 Å². The number of rotatable bonds is 9. The molecule has 3 N–H and O–H groups in total. The van der Waals surface area contributed by atoms with E-state index in [1.807, 2.05) is 6.92 Å². The minimum Gasteiger partial charge on any atom is -0.488 e. The molecule has 9 heteroatoms. The molecule has 1 fully saturated rings. The maximum atomic E-state index is 13.1. The highest BCUT2D eigenvalue weighted by Gasteiger charge is 2.34. The van der Waals surface area contributed by atoms with Crippen molar-refractivity contribution in [2.24, 2.45) is 10.7 Å². The van der Waals surface area contributed by atoms with Gasteiger partial charge in [0, 0.05) is 19.6 Å². The van der Waals surface area contributed by atoms with Crippen molar-refractivity contribution in [2.45, 2.75) is 32.0 Å². The second kappa shape index (κ2) is 11.1. The van der Waals surface area contributed by atoms with Crippen molar-refractivity contribution < 1.29 is 22.6 Å². The van der Waals surface area contributed by atoms with Crippen LogP contribution in [-0.4, -0.2) is 62.9 Å². The van der Waals surface area contributed by atoms with Gasteiger partial charge in [0.25, 0.3) is 0 Å². The van der Waals surface area contributed by atoms with Gasteiger partial charge in [-0.25, -0.2) is 4.99 Å². The van der Waals surface area contributed by atoms with Crippen molar-refractivity contribution in [1.29, 1.82) is 0 Å². The van der Waals surface area contributed by atoms with Gasteiger partial charge in [0.15, 0.2) is 5.96 Å². The summed E-state index contributed by atoms with van der Waals surface area (Å²) in [6, 6.07) is 5.19. The molecule has 1 unspecified atom stereocenters. The molecule has 1 aromatic carbocycles. The molecule has 0 saturated carbocycles. The summed E-state index contributed by atoms with van der Waals surface area (Å²) in [4.78, 5) is 6.54. The van der Waals surface area contributed by atoms with Gasteiger partial charge in [0.05, 0.1) is 25.3 Å². The first-order valence-corrected chi connectivity index (χ1v) is 9.57. The lowest BCUT2D eigenvalue weighted by atomic mass is 10.2. The number of benzene rings is 1. The fourth-order valence-electron chi connectivity index (χ4n) is 2.83. The third-order valence-electron chi connectivity index (χ3n) is 4.47. The average Bonchev–Trinajstić information content (AvgIpc) is 2.69. The molecule has 1 heterocycles. The van der Waals surface area contributed by atoms with E-state index in [2.05, 4.69) is 15.2 Å². The van der Waals surface area contributed by atoms with Crippen LogP contribution in [0.4, 0.5) is 13.2 Å². The number of halogens is 3. The average molecular weight is 402 g/mol. The Hall–Kier alpha value is -2.00. The summed E-state index contributed by atoms with van der Waals surface area (Å²) in [5.74, 6) is 0.0854. The Morgan fingerprint density at radius 3 is 2.71 bits per heavy atom. The smallest absolute Gasteiger partial charge is 0.419 e. The molecular formula is C19H29F3N4O2. The van der Waals surface area contributed by atoms with Crippen molar-refractivity contribution >= 4 is 5.96 Å². The van der Waals surface area contributed by atoms with E-state index in [0.29, 0.717) is 13.0 Å². The highest BCUT2D eigenvalue weighted by molar-refractivity contribution is 5.77. The quantitative estimate of drug-likeness (QED) is 0.377. The number of nitrogens with zero attached hydrogens (tertiary/aromatic N) is 2. The minimum atomic E-state index is -4.46. The monoisotopic (exact) mass is 402 g/mol. The topological polar surface area (TPSA) is 72.1 Å². The Bertz CT molecular complexity index is 619. The first kappa shape index (κ1) is 22.3. The molecule has 1 atom stereocenters. The molecule has 0 spiro atoms. The highest BCUT2D eigenvalue weighted by atomic mass is 19.4. The number of morpholine rings is 1. The first-order chi connectivity index (χ1) is 13.4. The summed E-state index contributed by atoms with van der Waals surface area (Å²) in [5, 5.41) is 3.04. The molecule has 6 nitrogen and oxygen atoms in total. The Labute approximate surface area is 163 Å². The molecule has 28 heavy (non-hydrogen) atoms. The number of nitrogens with one attached hydrogen (secondary N) is 1. The van der Waals surface area contributed by atoms with Gasteiger partial charge in [0.1, 0.15) is 11.9 Å². The van der Waals surface area contributed by atoms with Gasteiger partial charge in [-0.2, -0.15) is 13.2 Å². The van der Waals surface area contributed by atoms with Gasteiger partial charge in [-0.05, 0) is 31.5 Å². The maximum Gasteiger partial charge on any atom is 0.419 e. The molecule has 1 aromatic rings. The normalized spacial score (nSPS) is 17.4. The summed E-state index contributed by atoms with van der Waals surface area (Å²) in [7, 11) is 0. The van der Waals surface area contributed by atoms with Gasteiger partial charge >= 0.3 is 6.18 Å². The lowest BCUT2D eigenvalue weighted by Crippen LogP contribution is -2.39. The highest BCUT2D eigenvalue weighted by Crippen LogP contribution is 2.36. The largest absolute Gasteiger partial charge is 0.488 e. The fraction of sp³-hybridized carbons (Fsp3) is 0.632. The van der Waals surface area contributed by atoms with Gasteiger partial charge in [-0.1, -0.05) is 19.1 Å². The Balaban J connectivity index is 1.77. The molecule has 1 saturated heterocycles. The molecule has 158 valence electrons. The molecule has 0 aromatic heterocycles. The SMILES string of the molecule is CCC(CN=C(N)NCCCN1CCOCC1)Oc1ccccc1C(F)(F)F. The number of aliphatic imine (C=N–C) groups is 1. The molecular weight excluding hydrogens is 373 g/mol. The van der Waals surface area contributed by atoms with Crippen LogP contribution in [0.2, 0.25) is 0 Å². The number of para-hydroxylation sites is 1. The second-order valence-electron chi connectivity index (χ2n) is 6.60. The van der Waals surface area contributed by atoms with Crippen molar-refractivity contribution in [3.8, 4) is 5.75 Å². The fourth-order valence-corrected chi connectivity index (χ4v) is 2.83. The van der Waals surface area contributed by atoms with Crippen molar-refractivity contribution in [1.82, 2.24) is 10.2 Å². The molecule has 2 rings (SSSR count). The van der Waals surface area contributed by atoms with Crippen molar-refractivity contribution in [2.75, 3.05) is 45.9 Å². The molecule has 1 aliphatic rings. The van der Waals surface area contributed by atoms with Crippen LogP contribution in [0.1, 0.15) is 25.3 Å². The van der Waals surface area contributed by atoms with Crippen molar-refractivity contribution in [3.05, 3.63) is 29.8 Å². The van der Waals surface area contributed by atoms with Gasteiger partial charge in [0.2, 0.25) is 0 Å². The molecule has 0 aliphatic carbocycles. The molecule has 0 amide bonds. The summed E-state index contributed by atoms with van der Waals surface area (Å²) < 4.78 is 50.1. The van der Waals surface area contributed by atoms with Crippen LogP contribution in [-0.2, 0) is 10.9 Å². The molecule has 0 radical (unpaired) electrons. The summed E-state index contributed by atoms with van der Waals surface area (Å²) >= 11 is 0. The first-order valence-electron chi connectivity index (χ1n) is 9.57. The minimum absolute atomic E-state index is 0.186. The van der Waals surface area contributed by atoms with Crippen LogP contribution in [0.15, 0.2) is 29.3 Å². The zero-order valence-electron chi connectivity index (χ0n) is 16.2. The zero-order valence-corrected chi connectivity index (χ0v) is 16.2. The van der Waals surface area contributed by atoms with Crippen LogP contribution in [0.3, 0.4) is 0 Å². The maximum absolute atomic E-state index is 13.1. The van der Waals surface area contributed by atoms with Crippen LogP contribution in [0.25, 0.3) is 0 Å². The van der Waals surface area contributed by atoms with E-state index in [-0.39, 0.29) is 18.3 Å². The third-order valence-corrected chi connectivity index (χ3v) is 4.47. The van der Waals surface area contributed by atoms with Gasteiger partial charge < -0.3 is 20.5 Å². The number of hydrogen-bond donors (Lipinski definition) is 2. The lowest BCUT2D eigenvalue weighted by Gasteiger charge is -2.26. The standard InChI is InChI=1S/C19H29F3N4O2/c1-2-15(28-17-7-4-3-6-16(17)19(20,21)22)14-25-18(23)24-8-5-9-26-10-12-27-13-11-26/h3-4,6-7,15H,2,5,8-14H2,1H3,(H3,23,24,25). The predicted molar refractivity (Wildman–Crippen MR) is 103 cm³/mol. The molecule has 1 aliphatic heterocycles. The summed E-state index contributed by atoms with van der Waals surface area (Å²) in [6.45, 7) is 7.09. The van der Waals surface area contributed by atoms with E-state index in [9.17, 15) is 13.2 Å². The Morgan fingerprint density at radius 1 is 1.32 bits per heavy atom. The van der Waals surface area contributed by atoms with E-state index < -0.39 is 17.8 Å². The van der Waals surface area contributed by atoms with E-state index in [1.165, 1.54) is 18.2 Å². The van der Waals surface area contributed by atoms with Crippen molar-refractivity contribution in [3.63, 3.8) is 0 Å². The van der Waals surface area contributed by atoms with Crippen LogP contribution >= 0.6 is 0 Å².